The fourth-order valence-corrected chi connectivity index (χ4v) is 4.18. The summed E-state index contributed by atoms with van der Waals surface area (Å²) in [5, 5.41) is 20.4. The number of anilines is 2. The van der Waals surface area contributed by atoms with Gasteiger partial charge in [0.2, 0.25) is 0 Å². The van der Waals surface area contributed by atoms with Crippen molar-refractivity contribution in [2.75, 3.05) is 62.3 Å². The van der Waals surface area contributed by atoms with Gasteiger partial charge in [-0.25, -0.2) is 0 Å². The highest BCUT2D eigenvalue weighted by Gasteiger charge is 2.27. The van der Waals surface area contributed by atoms with Gasteiger partial charge in [-0.15, -0.1) is 0 Å². The Labute approximate surface area is 186 Å². The van der Waals surface area contributed by atoms with Crippen LogP contribution in [0.15, 0.2) is 42.5 Å². The second-order valence-corrected chi connectivity index (χ2v) is 7.85. The number of nitriles is 1. The van der Waals surface area contributed by atoms with Crippen molar-refractivity contribution in [3.63, 3.8) is 0 Å². The molecule has 1 amide bonds. The number of nitrogens with zero attached hydrogens (tertiary/aromatic N) is 5. The van der Waals surface area contributed by atoms with E-state index in [1.807, 2.05) is 12.1 Å². The molecule has 9 nitrogen and oxygen atoms in total. The van der Waals surface area contributed by atoms with Crippen molar-refractivity contribution < 1.29 is 14.5 Å². The Morgan fingerprint density at radius 1 is 0.969 bits per heavy atom. The van der Waals surface area contributed by atoms with Gasteiger partial charge in [-0.1, -0.05) is 0 Å². The minimum Gasteiger partial charge on any atom is -0.378 e. The molecular weight excluding hydrogens is 410 g/mol. The maximum Gasteiger partial charge on any atom is 0.270 e. The number of ether oxygens (including phenoxy) is 1. The first kappa shape index (κ1) is 21.6. The first-order valence-corrected chi connectivity index (χ1v) is 10.7. The highest BCUT2D eigenvalue weighted by atomic mass is 16.6. The molecule has 0 N–H and O–H groups in total. The zero-order valence-electron chi connectivity index (χ0n) is 17.8. The second-order valence-electron chi connectivity index (χ2n) is 7.85. The van der Waals surface area contributed by atoms with Gasteiger partial charge in [0.25, 0.3) is 11.6 Å². The molecule has 2 aromatic carbocycles. The highest BCUT2D eigenvalue weighted by molar-refractivity contribution is 6.00. The number of carbonyl (C=O) groups excluding carboxylic acids is 1. The number of nitro benzene ring substituents is 1. The van der Waals surface area contributed by atoms with E-state index >= 15 is 0 Å². The molecule has 4 rings (SSSR count). The molecule has 0 unspecified atom stereocenters. The van der Waals surface area contributed by atoms with Gasteiger partial charge in [0.05, 0.1) is 41.0 Å². The molecule has 2 aliphatic heterocycles. The molecule has 0 spiro atoms. The van der Waals surface area contributed by atoms with Crippen LogP contribution < -0.4 is 9.80 Å². The third kappa shape index (κ3) is 4.65. The molecular formula is C23H25N5O4. The van der Waals surface area contributed by atoms with Crippen molar-refractivity contribution in [3.8, 4) is 6.07 Å². The van der Waals surface area contributed by atoms with E-state index in [1.165, 1.54) is 12.1 Å². The van der Waals surface area contributed by atoms with E-state index in [4.69, 9.17) is 10.00 Å². The summed E-state index contributed by atoms with van der Waals surface area (Å²) in [4.78, 5) is 30.4. The smallest absolute Gasteiger partial charge is 0.270 e. The summed E-state index contributed by atoms with van der Waals surface area (Å²) in [7, 11) is 0. The van der Waals surface area contributed by atoms with E-state index < -0.39 is 4.92 Å². The van der Waals surface area contributed by atoms with Crippen molar-refractivity contribution in [2.45, 2.75) is 6.42 Å². The maximum atomic E-state index is 13.5. The van der Waals surface area contributed by atoms with Gasteiger partial charge in [0.15, 0.2) is 0 Å². The molecule has 2 heterocycles. The van der Waals surface area contributed by atoms with Crippen molar-refractivity contribution in [3.05, 3.63) is 63.7 Å². The number of nitro groups is 1. The van der Waals surface area contributed by atoms with Crippen LogP contribution in [0.3, 0.4) is 0 Å². The average Bonchev–Trinajstić information content (AvgIpc) is 3.10. The van der Waals surface area contributed by atoms with Crippen molar-refractivity contribution >= 4 is 23.0 Å². The molecule has 0 atom stereocenters. The van der Waals surface area contributed by atoms with Crippen LogP contribution >= 0.6 is 0 Å². The van der Waals surface area contributed by atoms with Crippen LogP contribution in [0.25, 0.3) is 0 Å². The number of rotatable bonds is 4. The summed E-state index contributed by atoms with van der Waals surface area (Å²) in [5.74, 6) is -0.183. The van der Waals surface area contributed by atoms with Crippen LogP contribution in [0, 0.1) is 21.4 Å². The van der Waals surface area contributed by atoms with Gasteiger partial charge in [-0.3, -0.25) is 14.9 Å². The van der Waals surface area contributed by atoms with Crippen LogP contribution in [0.1, 0.15) is 22.3 Å². The number of hydrogen-bond donors (Lipinski definition) is 0. The molecule has 2 saturated heterocycles. The van der Waals surface area contributed by atoms with Gasteiger partial charge in [0, 0.05) is 57.1 Å². The molecule has 0 aromatic heterocycles. The lowest BCUT2D eigenvalue weighted by Crippen LogP contribution is -2.39. The van der Waals surface area contributed by atoms with E-state index in [-0.39, 0.29) is 11.6 Å². The Hall–Kier alpha value is -3.64. The van der Waals surface area contributed by atoms with Gasteiger partial charge < -0.3 is 19.4 Å². The van der Waals surface area contributed by atoms with Crippen molar-refractivity contribution in [1.29, 1.82) is 5.26 Å². The SMILES string of the molecule is N#Cc1ccc(N2CCCN(C(=O)c3cc([N+](=O)[O-])ccc3N3CCOCC3)CC2)cc1. The van der Waals surface area contributed by atoms with Gasteiger partial charge >= 0.3 is 0 Å². The molecule has 2 aliphatic rings. The van der Waals surface area contributed by atoms with E-state index in [2.05, 4.69) is 15.9 Å². The number of carbonyl (C=O) groups is 1. The first-order valence-electron chi connectivity index (χ1n) is 10.7. The predicted molar refractivity (Wildman–Crippen MR) is 120 cm³/mol. The minimum atomic E-state index is -0.463. The van der Waals surface area contributed by atoms with Crippen LogP contribution in [0.5, 0.6) is 0 Å². The van der Waals surface area contributed by atoms with Gasteiger partial charge in [0.1, 0.15) is 0 Å². The number of amides is 1. The molecule has 0 radical (unpaired) electrons. The van der Waals surface area contributed by atoms with E-state index in [0.29, 0.717) is 57.1 Å². The Balaban J connectivity index is 1.54. The zero-order valence-corrected chi connectivity index (χ0v) is 17.8. The summed E-state index contributed by atoms with van der Waals surface area (Å²) in [5.41, 5.74) is 2.63. The van der Waals surface area contributed by atoms with Crippen LogP contribution in [-0.4, -0.2) is 68.2 Å². The van der Waals surface area contributed by atoms with E-state index in [9.17, 15) is 14.9 Å². The van der Waals surface area contributed by atoms with Gasteiger partial charge in [-0.2, -0.15) is 5.26 Å². The van der Waals surface area contributed by atoms with Crippen LogP contribution in [0.4, 0.5) is 17.1 Å². The van der Waals surface area contributed by atoms with Crippen LogP contribution in [-0.2, 0) is 4.74 Å². The zero-order chi connectivity index (χ0) is 22.5. The molecule has 32 heavy (non-hydrogen) atoms. The highest BCUT2D eigenvalue weighted by Crippen LogP contribution is 2.28. The number of non-ortho nitro benzene ring substituents is 1. The lowest BCUT2D eigenvalue weighted by molar-refractivity contribution is -0.384. The molecule has 0 saturated carbocycles. The lowest BCUT2D eigenvalue weighted by Gasteiger charge is -2.31. The predicted octanol–water partition coefficient (Wildman–Crippen LogP) is 2.66. The van der Waals surface area contributed by atoms with E-state index in [1.54, 1.807) is 23.1 Å². The van der Waals surface area contributed by atoms with Gasteiger partial charge in [-0.05, 0) is 36.8 Å². The Morgan fingerprint density at radius 2 is 1.72 bits per heavy atom. The first-order chi connectivity index (χ1) is 15.6. The topological polar surface area (TPSA) is 103 Å². The second kappa shape index (κ2) is 9.66. The quantitative estimate of drug-likeness (QED) is 0.537. The van der Waals surface area contributed by atoms with Crippen molar-refractivity contribution in [2.24, 2.45) is 0 Å². The summed E-state index contributed by atoms with van der Waals surface area (Å²) in [6, 6.07) is 14.1. The molecule has 2 fully saturated rings. The standard InChI is InChI=1S/C23H25N5O4/c24-17-18-2-4-19(5-3-18)25-8-1-9-27(11-10-25)23(29)21-16-20(28(30)31)6-7-22(21)26-12-14-32-15-13-26/h2-7,16H,1,8-15H2. The fourth-order valence-electron chi connectivity index (χ4n) is 4.18. The third-order valence-corrected chi connectivity index (χ3v) is 5.92. The summed E-state index contributed by atoms with van der Waals surface area (Å²) in [6.07, 6.45) is 0.785. The Morgan fingerprint density at radius 3 is 2.41 bits per heavy atom. The maximum absolute atomic E-state index is 13.5. The Kier molecular flexibility index (Phi) is 6.52. The lowest BCUT2D eigenvalue weighted by atomic mass is 10.1. The molecule has 9 heteroatoms. The third-order valence-electron chi connectivity index (χ3n) is 5.92. The van der Waals surface area contributed by atoms with E-state index in [0.717, 1.165) is 24.3 Å². The largest absolute Gasteiger partial charge is 0.378 e. The van der Waals surface area contributed by atoms with Crippen molar-refractivity contribution in [1.82, 2.24) is 4.90 Å². The summed E-state index contributed by atoms with van der Waals surface area (Å²) in [6.45, 7) is 4.96. The van der Waals surface area contributed by atoms with Crippen LogP contribution in [0.2, 0.25) is 0 Å². The normalized spacial score (nSPS) is 16.9. The molecule has 166 valence electrons. The fraction of sp³-hybridized carbons (Fsp3) is 0.391. The molecule has 2 aromatic rings. The summed E-state index contributed by atoms with van der Waals surface area (Å²) >= 11 is 0. The minimum absolute atomic E-state index is 0.0839. The Bertz CT molecular complexity index is 1030. The monoisotopic (exact) mass is 435 g/mol. The number of hydrogen-bond acceptors (Lipinski definition) is 7. The summed E-state index contributed by atoms with van der Waals surface area (Å²) < 4.78 is 5.42. The number of benzene rings is 2. The average molecular weight is 435 g/mol. The molecule has 0 bridgehead atoms. The molecule has 0 aliphatic carbocycles. The number of morpholine rings is 1.